The van der Waals surface area contributed by atoms with Crippen molar-refractivity contribution in [3.05, 3.63) is 28.5 Å². The Labute approximate surface area is 128 Å². The molecule has 0 saturated heterocycles. The molecule has 0 aliphatic heterocycles. The number of imidazole rings is 1. The molecule has 0 spiro atoms. The van der Waals surface area contributed by atoms with Crippen LogP contribution in [0.2, 0.25) is 0 Å². The topological polar surface area (TPSA) is 43.8 Å². The first-order valence-electron chi connectivity index (χ1n) is 7.56. The normalized spacial score (nSPS) is 18.6. The largest absolute Gasteiger partial charge is 0.329 e. The summed E-state index contributed by atoms with van der Waals surface area (Å²) in [6.07, 6.45) is 6.23. The second-order valence-corrected chi connectivity index (χ2v) is 6.77. The summed E-state index contributed by atoms with van der Waals surface area (Å²) in [5.74, 6) is 1.20. The van der Waals surface area contributed by atoms with E-state index < -0.39 is 0 Å². The van der Waals surface area contributed by atoms with Crippen LogP contribution < -0.4 is 5.73 Å². The smallest absolute Gasteiger partial charge is 0.117 e. The number of aromatic nitrogens is 2. The van der Waals surface area contributed by atoms with Crippen molar-refractivity contribution in [3.8, 4) is 0 Å². The molecule has 108 valence electrons. The van der Waals surface area contributed by atoms with E-state index in [1.54, 1.807) is 0 Å². The fraction of sp³-hybridized carbons (Fsp3) is 0.562. The molecule has 20 heavy (non-hydrogen) atoms. The van der Waals surface area contributed by atoms with Crippen molar-refractivity contribution >= 4 is 27.0 Å². The molecule has 1 fully saturated rings. The quantitative estimate of drug-likeness (QED) is 0.921. The van der Waals surface area contributed by atoms with Crippen LogP contribution in [0.25, 0.3) is 11.0 Å². The van der Waals surface area contributed by atoms with Crippen molar-refractivity contribution in [1.29, 1.82) is 0 Å². The second kappa shape index (κ2) is 5.49. The molecule has 1 aliphatic rings. The molecule has 0 radical (unpaired) electrons. The van der Waals surface area contributed by atoms with Gasteiger partial charge in [0.05, 0.1) is 11.0 Å². The van der Waals surface area contributed by atoms with E-state index in [2.05, 4.69) is 45.6 Å². The van der Waals surface area contributed by atoms with Crippen molar-refractivity contribution in [3.63, 3.8) is 0 Å². The van der Waals surface area contributed by atoms with Gasteiger partial charge in [-0.1, -0.05) is 35.2 Å². The molecule has 1 aromatic heterocycles. The number of nitrogens with two attached hydrogens (primary N) is 1. The van der Waals surface area contributed by atoms with E-state index in [0.717, 1.165) is 16.5 Å². The summed E-state index contributed by atoms with van der Waals surface area (Å²) in [5.41, 5.74) is 8.57. The summed E-state index contributed by atoms with van der Waals surface area (Å²) in [6, 6.07) is 6.36. The number of hydrogen-bond acceptors (Lipinski definition) is 2. The van der Waals surface area contributed by atoms with Gasteiger partial charge in [-0.15, -0.1) is 0 Å². The molecule has 1 aromatic carbocycles. The lowest BCUT2D eigenvalue weighted by atomic mass is 9.73. The Kier molecular flexibility index (Phi) is 3.87. The van der Waals surface area contributed by atoms with Crippen molar-refractivity contribution in [2.45, 2.75) is 51.0 Å². The Hall–Kier alpha value is -0.870. The molecule has 4 heteroatoms. The van der Waals surface area contributed by atoms with Crippen LogP contribution in [0.5, 0.6) is 0 Å². The van der Waals surface area contributed by atoms with Gasteiger partial charge < -0.3 is 10.3 Å². The number of aryl methyl sites for hydroxylation is 1. The molecule has 1 aliphatic carbocycles. The van der Waals surface area contributed by atoms with Crippen LogP contribution in [0.15, 0.2) is 22.7 Å². The average molecular weight is 336 g/mol. The van der Waals surface area contributed by atoms with Gasteiger partial charge in [0, 0.05) is 23.0 Å². The molecule has 0 amide bonds. The fourth-order valence-electron chi connectivity index (χ4n) is 3.58. The van der Waals surface area contributed by atoms with Gasteiger partial charge in [-0.2, -0.15) is 0 Å². The van der Waals surface area contributed by atoms with Gasteiger partial charge in [-0.05, 0) is 38.0 Å². The summed E-state index contributed by atoms with van der Waals surface area (Å²) < 4.78 is 3.45. The Bertz CT molecular complexity index is 611. The van der Waals surface area contributed by atoms with E-state index in [4.69, 9.17) is 10.7 Å². The number of benzene rings is 1. The van der Waals surface area contributed by atoms with Crippen molar-refractivity contribution < 1.29 is 0 Å². The third-order valence-electron chi connectivity index (χ3n) is 4.70. The Morgan fingerprint density at radius 1 is 1.30 bits per heavy atom. The van der Waals surface area contributed by atoms with Gasteiger partial charge in [-0.25, -0.2) is 4.98 Å². The van der Waals surface area contributed by atoms with Gasteiger partial charge in [0.25, 0.3) is 0 Å². The lowest BCUT2D eigenvalue weighted by Gasteiger charge is -2.35. The van der Waals surface area contributed by atoms with E-state index in [1.165, 1.54) is 43.4 Å². The first-order valence-corrected chi connectivity index (χ1v) is 8.36. The Morgan fingerprint density at radius 2 is 2.05 bits per heavy atom. The molecule has 1 saturated carbocycles. The number of fused-ring (bicyclic) bond motifs is 1. The number of rotatable bonds is 3. The van der Waals surface area contributed by atoms with E-state index in [-0.39, 0.29) is 5.41 Å². The second-order valence-electron chi connectivity index (χ2n) is 5.86. The minimum atomic E-state index is 0.0831. The highest BCUT2D eigenvalue weighted by molar-refractivity contribution is 9.10. The standard InChI is InChI=1S/C16H22BrN3/c1-2-20-14-7-6-12(17)10-13(14)19-15(20)16(11-18)8-4-3-5-9-16/h6-7,10H,2-5,8-9,11,18H2,1H3. The summed E-state index contributed by atoms with van der Waals surface area (Å²) in [4.78, 5) is 4.96. The molecule has 3 rings (SSSR count). The maximum absolute atomic E-state index is 6.18. The van der Waals surface area contributed by atoms with Gasteiger partial charge in [0.1, 0.15) is 5.82 Å². The van der Waals surface area contributed by atoms with Crippen LogP contribution in [0.3, 0.4) is 0 Å². The molecule has 0 bridgehead atoms. The molecule has 0 unspecified atom stereocenters. The van der Waals surface area contributed by atoms with Gasteiger partial charge in [-0.3, -0.25) is 0 Å². The number of hydrogen-bond donors (Lipinski definition) is 1. The first kappa shape index (κ1) is 14.1. The van der Waals surface area contributed by atoms with E-state index in [9.17, 15) is 0 Å². The predicted octanol–water partition coefficient (Wildman–Crippen LogP) is 3.98. The van der Waals surface area contributed by atoms with E-state index >= 15 is 0 Å². The van der Waals surface area contributed by atoms with Crippen molar-refractivity contribution in [2.75, 3.05) is 6.54 Å². The van der Waals surface area contributed by atoms with Crippen LogP contribution in [-0.2, 0) is 12.0 Å². The lowest BCUT2D eigenvalue weighted by molar-refractivity contribution is 0.278. The highest BCUT2D eigenvalue weighted by Crippen LogP contribution is 2.39. The third kappa shape index (κ3) is 2.19. The molecule has 1 heterocycles. The van der Waals surface area contributed by atoms with Crippen LogP contribution in [-0.4, -0.2) is 16.1 Å². The summed E-state index contributed by atoms with van der Waals surface area (Å²) >= 11 is 3.54. The predicted molar refractivity (Wildman–Crippen MR) is 86.9 cm³/mol. The molecule has 2 N–H and O–H groups in total. The monoisotopic (exact) mass is 335 g/mol. The molecule has 3 nitrogen and oxygen atoms in total. The fourth-order valence-corrected chi connectivity index (χ4v) is 3.92. The zero-order valence-electron chi connectivity index (χ0n) is 12.0. The minimum Gasteiger partial charge on any atom is -0.329 e. The Balaban J connectivity index is 2.18. The first-order chi connectivity index (χ1) is 9.70. The van der Waals surface area contributed by atoms with Crippen LogP contribution in [0.1, 0.15) is 44.9 Å². The van der Waals surface area contributed by atoms with Gasteiger partial charge in [0.2, 0.25) is 0 Å². The molecular formula is C16H22BrN3. The molecular weight excluding hydrogens is 314 g/mol. The zero-order valence-corrected chi connectivity index (χ0v) is 13.6. The summed E-state index contributed by atoms with van der Waals surface area (Å²) in [7, 11) is 0. The van der Waals surface area contributed by atoms with Gasteiger partial charge >= 0.3 is 0 Å². The summed E-state index contributed by atoms with van der Waals surface area (Å²) in [5, 5.41) is 0. The van der Waals surface area contributed by atoms with E-state index in [1.807, 2.05) is 0 Å². The van der Waals surface area contributed by atoms with Crippen LogP contribution in [0, 0.1) is 0 Å². The SMILES string of the molecule is CCn1c(C2(CN)CCCCC2)nc2cc(Br)ccc21. The minimum absolute atomic E-state index is 0.0831. The van der Waals surface area contributed by atoms with Crippen LogP contribution >= 0.6 is 15.9 Å². The molecule has 2 aromatic rings. The number of nitrogens with zero attached hydrogens (tertiary/aromatic N) is 2. The third-order valence-corrected chi connectivity index (χ3v) is 5.20. The Morgan fingerprint density at radius 3 is 2.70 bits per heavy atom. The average Bonchev–Trinajstić information content (AvgIpc) is 2.86. The number of halogens is 1. The van der Waals surface area contributed by atoms with Crippen molar-refractivity contribution in [2.24, 2.45) is 5.73 Å². The van der Waals surface area contributed by atoms with Crippen molar-refractivity contribution in [1.82, 2.24) is 9.55 Å². The van der Waals surface area contributed by atoms with Gasteiger partial charge in [0.15, 0.2) is 0 Å². The maximum atomic E-state index is 6.18. The highest BCUT2D eigenvalue weighted by Gasteiger charge is 2.37. The maximum Gasteiger partial charge on any atom is 0.117 e. The van der Waals surface area contributed by atoms with Crippen LogP contribution in [0.4, 0.5) is 0 Å². The van der Waals surface area contributed by atoms with E-state index in [0.29, 0.717) is 6.54 Å². The zero-order chi connectivity index (χ0) is 14.2. The summed E-state index contributed by atoms with van der Waals surface area (Å²) in [6.45, 7) is 3.85. The highest BCUT2D eigenvalue weighted by atomic mass is 79.9. The molecule has 0 atom stereocenters. The lowest BCUT2D eigenvalue weighted by Crippen LogP contribution is -2.39.